The third kappa shape index (κ3) is 5.01. The Bertz CT molecular complexity index is 394. The molecule has 0 aliphatic rings. The lowest BCUT2D eigenvalue weighted by Gasteiger charge is -2.30. The molecule has 0 saturated heterocycles. The lowest BCUT2D eigenvalue weighted by molar-refractivity contribution is -0.124. The maximum atomic E-state index is 12.1. The van der Waals surface area contributed by atoms with E-state index in [4.69, 9.17) is 10.8 Å². The Balaban J connectivity index is 2.57. The fraction of sp³-hybridized carbons (Fsp3) is 0.533. The average Bonchev–Trinajstić information content (AvgIpc) is 2.40. The second-order valence-corrected chi connectivity index (χ2v) is 5.17. The molecule has 0 bridgehead atoms. The Morgan fingerprint density at radius 3 is 2.58 bits per heavy atom. The largest absolute Gasteiger partial charge is 0.396 e. The van der Waals surface area contributed by atoms with E-state index in [1.54, 1.807) is 0 Å². The van der Waals surface area contributed by atoms with Crippen molar-refractivity contribution < 1.29 is 9.90 Å². The molecule has 1 rings (SSSR count). The minimum Gasteiger partial charge on any atom is -0.396 e. The number of rotatable bonds is 7. The Morgan fingerprint density at radius 1 is 1.42 bits per heavy atom. The monoisotopic (exact) mass is 264 g/mol. The average molecular weight is 264 g/mol. The first-order valence-corrected chi connectivity index (χ1v) is 6.73. The summed E-state index contributed by atoms with van der Waals surface area (Å²) in [4.78, 5) is 12.1. The first-order valence-electron chi connectivity index (χ1n) is 6.73. The zero-order valence-corrected chi connectivity index (χ0v) is 11.7. The zero-order chi connectivity index (χ0) is 14.3. The van der Waals surface area contributed by atoms with Crippen LogP contribution in [0.3, 0.4) is 0 Å². The van der Waals surface area contributed by atoms with Crippen LogP contribution in [-0.4, -0.2) is 29.2 Å². The summed E-state index contributed by atoms with van der Waals surface area (Å²) in [6.07, 6.45) is 1.82. The molecular weight excluding hydrogens is 240 g/mol. The van der Waals surface area contributed by atoms with Crippen molar-refractivity contribution in [2.24, 2.45) is 5.73 Å². The first-order chi connectivity index (χ1) is 9.00. The second-order valence-electron chi connectivity index (χ2n) is 5.17. The molecule has 4 heteroatoms. The van der Waals surface area contributed by atoms with Crippen LogP contribution >= 0.6 is 0 Å². The van der Waals surface area contributed by atoms with Crippen LogP contribution in [0.2, 0.25) is 0 Å². The van der Waals surface area contributed by atoms with Crippen molar-refractivity contribution in [3.63, 3.8) is 0 Å². The first kappa shape index (κ1) is 15.7. The van der Waals surface area contributed by atoms with Crippen LogP contribution in [0.1, 0.15) is 32.3 Å². The van der Waals surface area contributed by atoms with Crippen LogP contribution in [0.25, 0.3) is 0 Å². The van der Waals surface area contributed by atoms with Crippen LogP contribution in [0.15, 0.2) is 30.3 Å². The zero-order valence-electron chi connectivity index (χ0n) is 11.7. The fourth-order valence-corrected chi connectivity index (χ4v) is 1.93. The number of hydrogen-bond acceptors (Lipinski definition) is 3. The van der Waals surface area contributed by atoms with Crippen molar-refractivity contribution in [3.05, 3.63) is 35.9 Å². The van der Waals surface area contributed by atoms with Crippen LogP contribution in [-0.2, 0) is 11.2 Å². The molecule has 1 aromatic carbocycles. The van der Waals surface area contributed by atoms with Crippen molar-refractivity contribution in [2.75, 3.05) is 6.61 Å². The molecule has 0 spiro atoms. The Kier molecular flexibility index (Phi) is 5.99. The van der Waals surface area contributed by atoms with Crippen molar-refractivity contribution in [1.82, 2.24) is 5.32 Å². The van der Waals surface area contributed by atoms with Crippen molar-refractivity contribution in [2.45, 2.75) is 44.7 Å². The topological polar surface area (TPSA) is 75.3 Å². The molecule has 2 atom stereocenters. The van der Waals surface area contributed by atoms with Crippen LogP contribution in [0, 0.1) is 0 Å². The Hall–Kier alpha value is -1.39. The van der Waals surface area contributed by atoms with E-state index in [0.29, 0.717) is 12.8 Å². The molecule has 4 nitrogen and oxygen atoms in total. The van der Waals surface area contributed by atoms with E-state index in [-0.39, 0.29) is 18.1 Å². The van der Waals surface area contributed by atoms with Crippen molar-refractivity contribution >= 4 is 5.91 Å². The standard InChI is InChI=1S/C15H24N2O2/c1-3-15(2,9-10-18)17-14(19)13(16)11-12-7-5-4-6-8-12/h4-8,13,18H,3,9-11,16H2,1-2H3,(H,17,19). The molecule has 0 aliphatic carbocycles. The highest BCUT2D eigenvalue weighted by molar-refractivity contribution is 5.82. The fourth-order valence-electron chi connectivity index (χ4n) is 1.93. The number of aliphatic hydroxyl groups is 1. The summed E-state index contributed by atoms with van der Waals surface area (Å²) in [5.41, 5.74) is 6.59. The van der Waals surface area contributed by atoms with E-state index in [9.17, 15) is 4.79 Å². The van der Waals surface area contributed by atoms with Gasteiger partial charge in [-0.15, -0.1) is 0 Å². The van der Waals surface area contributed by atoms with E-state index in [2.05, 4.69) is 5.32 Å². The van der Waals surface area contributed by atoms with Gasteiger partial charge in [0, 0.05) is 12.1 Å². The summed E-state index contributed by atoms with van der Waals surface area (Å²) in [7, 11) is 0. The number of benzene rings is 1. The van der Waals surface area contributed by atoms with Gasteiger partial charge in [0.25, 0.3) is 0 Å². The normalized spacial score (nSPS) is 15.6. The highest BCUT2D eigenvalue weighted by Gasteiger charge is 2.26. The number of aliphatic hydroxyl groups excluding tert-OH is 1. The van der Waals surface area contributed by atoms with Crippen LogP contribution in [0.4, 0.5) is 0 Å². The van der Waals surface area contributed by atoms with Gasteiger partial charge in [-0.1, -0.05) is 37.3 Å². The van der Waals surface area contributed by atoms with Gasteiger partial charge in [-0.25, -0.2) is 0 Å². The minimum absolute atomic E-state index is 0.0541. The number of nitrogens with one attached hydrogen (secondary N) is 1. The minimum atomic E-state index is -0.563. The van der Waals surface area contributed by atoms with Gasteiger partial charge < -0.3 is 16.2 Å². The molecule has 1 aromatic rings. The molecule has 1 amide bonds. The molecule has 106 valence electrons. The van der Waals surface area contributed by atoms with E-state index in [1.165, 1.54) is 0 Å². The molecule has 19 heavy (non-hydrogen) atoms. The lowest BCUT2D eigenvalue weighted by Crippen LogP contribution is -2.52. The molecule has 0 heterocycles. The van der Waals surface area contributed by atoms with Gasteiger partial charge in [0.05, 0.1) is 6.04 Å². The highest BCUT2D eigenvalue weighted by atomic mass is 16.3. The van der Waals surface area contributed by atoms with E-state index in [0.717, 1.165) is 12.0 Å². The molecule has 0 saturated carbocycles. The van der Waals surface area contributed by atoms with Crippen molar-refractivity contribution in [1.29, 1.82) is 0 Å². The second kappa shape index (κ2) is 7.26. The molecular formula is C15H24N2O2. The summed E-state index contributed by atoms with van der Waals surface area (Å²) >= 11 is 0. The van der Waals surface area contributed by atoms with E-state index < -0.39 is 6.04 Å². The predicted octanol–water partition coefficient (Wildman–Crippen LogP) is 1.22. The predicted molar refractivity (Wildman–Crippen MR) is 76.7 cm³/mol. The highest BCUT2D eigenvalue weighted by Crippen LogP contribution is 2.14. The molecule has 4 N–H and O–H groups in total. The third-order valence-corrected chi connectivity index (χ3v) is 3.50. The van der Waals surface area contributed by atoms with E-state index in [1.807, 2.05) is 44.2 Å². The molecule has 0 fully saturated rings. The summed E-state index contributed by atoms with van der Waals surface area (Å²) in [5, 5.41) is 12.0. The number of nitrogens with two attached hydrogens (primary N) is 1. The van der Waals surface area contributed by atoms with Gasteiger partial charge in [0.1, 0.15) is 0 Å². The quantitative estimate of drug-likeness (QED) is 0.693. The van der Waals surface area contributed by atoms with Gasteiger partial charge >= 0.3 is 0 Å². The van der Waals surface area contributed by atoms with Gasteiger partial charge in [-0.2, -0.15) is 0 Å². The number of carbonyl (C=O) groups excluding carboxylic acids is 1. The lowest BCUT2D eigenvalue weighted by atomic mass is 9.94. The van der Waals surface area contributed by atoms with Crippen LogP contribution in [0.5, 0.6) is 0 Å². The maximum absolute atomic E-state index is 12.1. The summed E-state index contributed by atoms with van der Waals surface area (Å²) < 4.78 is 0. The molecule has 0 aromatic heterocycles. The number of carbonyl (C=O) groups is 1. The summed E-state index contributed by atoms with van der Waals surface area (Å²) in [6.45, 7) is 3.97. The van der Waals surface area contributed by atoms with Gasteiger partial charge in [0.2, 0.25) is 5.91 Å². The third-order valence-electron chi connectivity index (χ3n) is 3.50. The molecule has 0 aliphatic heterocycles. The van der Waals surface area contributed by atoms with Gasteiger partial charge in [0.15, 0.2) is 0 Å². The number of amides is 1. The van der Waals surface area contributed by atoms with Gasteiger partial charge in [-0.05, 0) is 31.7 Å². The van der Waals surface area contributed by atoms with Crippen molar-refractivity contribution in [3.8, 4) is 0 Å². The molecule has 2 unspecified atom stereocenters. The van der Waals surface area contributed by atoms with E-state index >= 15 is 0 Å². The smallest absolute Gasteiger partial charge is 0.237 e. The van der Waals surface area contributed by atoms with Crippen LogP contribution < -0.4 is 11.1 Å². The maximum Gasteiger partial charge on any atom is 0.237 e. The number of hydrogen-bond donors (Lipinski definition) is 3. The summed E-state index contributed by atoms with van der Waals surface area (Å²) in [6, 6.07) is 9.15. The summed E-state index contributed by atoms with van der Waals surface area (Å²) in [5.74, 6) is -0.165. The SMILES string of the molecule is CCC(C)(CCO)NC(=O)C(N)Cc1ccccc1. The molecule has 0 radical (unpaired) electrons. The Morgan fingerprint density at radius 2 is 2.05 bits per heavy atom. The Labute approximate surface area is 115 Å². The van der Waals surface area contributed by atoms with Gasteiger partial charge in [-0.3, -0.25) is 4.79 Å².